The summed E-state index contributed by atoms with van der Waals surface area (Å²) < 4.78 is 0. The van der Waals surface area contributed by atoms with Crippen LogP contribution in [-0.4, -0.2) is 23.6 Å². The Balaban J connectivity index is 2.49. The molecule has 21 heavy (non-hydrogen) atoms. The fourth-order valence-electron chi connectivity index (χ4n) is 2.62. The lowest BCUT2D eigenvalue weighted by Gasteiger charge is -2.14. The first-order valence-electron chi connectivity index (χ1n) is 7.79. The molecular weight excluding hydrogens is 258 g/mol. The van der Waals surface area contributed by atoms with Crippen LogP contribution in [0.25, 0.3) is 11.4 Å². The largest absolute Gasteiger partial charge is 0.319 e. The van der Waals surface area contributed by atoms with Crippen LogP contribution in [0.2, 0.25) is 0 Å². The van der Waals surface area contributed by atoms with Gasteiger partial charge in [-0.15, -0.1) is 0 Å². The Morgan fingerprint density at radius 2 is 1.71 bits per heavy atom. The number of nitrogens with zero attached hydrogens (tertiary/aromatic N) is 2. The summed E-state index contributed by atoms with van der Waals surface area (Å²) in [5.74, 6) is 0.862. The van der Waals surface area contributed by atoms with Crippen molar-refractivity contribution < 1.29 is 0 Å². The summed E-state index contributed by atoms with van der Waals surface area (Å²) in [4.78, 5) is 9.65. The quantitative estimate of drug-likeness (QED) is 0.883. The molecule has 0 amide bonds. The van der Waals surface area contributed by atoms with Crippen LogP contribution >= 0.6 is 0 Å². The second-order valence-electron chi connectivity index (χ2n) is 5.35. The predicted molar refractivity (Wildman–Crippen MR) is 88.6 cm³/mol. The van der Waals surface area contributed by atoms with Gasteiger partial charge < -0.3 is 5.32 Å². The smallest absolute Gasteiger partial charge is 0.159 e. The third-order valence-electron chi connectivity index (χ3n) is 3.75. The summed E-state index contributed by atoms with van der Waals surface area (Å²) in [6.07, 6.45) is 2.90. The monoisotopic (exact) mass is 283 g/mol. The molecule has 0 unspecified atom stereocenters. The molecule has 0 saturated heterocycles. The first-order chi connectivity index (χ1) is 10.2. The Bertz CT molecular complexity index is 580. The van der Waals surface area contributed by atoms with Crippen LogP contribution < -0.4 is 5.32 Å². The summed E-state index contributed by atoms with van der Waals surface area (Å²) in [5, 5.41) is 3.22. The standard InChI is InChI=1S/C18H25N3/c1-5-16-15(10-11-19-4)17(6-2)21-18(20-16)14-9-7-8-13(3)12-14/h7-9,12,19H,5-6,10-11H2,1-4H3. The van der Waals surface area contributed by atoms with E-state index in [1.165, 1.54) is 22.5 Å². The summed E-state index contributed by atoms with van der Waals surface area (Å²) in [6.45, 7) is 7.41. The molecule has 0 spiro atoms. The van der Waals surface area contributed by atoms with Crippen molar-refractivity contribution in [3.63, 3.8) is 0 Å². The molecule has 0 aliphatic heterocycles. The maximum absolute atomic E-state index is 4.83. The zero-order valence-electron chi connectivity index (χ0n) is 13.5. The highest BCUT2D eigenvalue weighted by molar-refractivity contribution is 5.57. The zero-order chi connectivity index (χ0) is 15.2. The molecule has 1 aromatic heterocycles. The molecule has 3 heteroatoms. The van der Waals surface area contributed by atoms with Crippen LogP contribution in [0.15, 0.2) is 24.3 Å². The van der Waals surface area contributed by atoms with Gasteiger partial charge in [0.15, 0.2) is 5.82 Å². The van der Waals surface area contributed by atoms with E-state index in [0.29, 0.717) is 0 Å². The molecule has 0 bridgehead atoms. The molecule has 1 aromatic carbocycles. The van der Waals surface area contributed by atoms with Crippen molar-refractivity contribution in [3.05, 3.63) is 46.8 Å². The number of hydrogen-bond donors (Lipinski definition) is 1. The van der Waals surface area contributed by atoms with Crippen LogP contribution in [-0.2, 0) is 19.3 Å². The first kappa shape index (κ1) is 15.6. The molecule has 3 nitrogen and oxygen atoms in total. The van der Waals surface area contributed by atoms with E-state index < -0.39 is 0 Å². The lowest BCUT2D eigenvalue weighted by atomic mass is 10.0. The molecule has 2 aromatic rings. The molecule has 2 rings (SSSR count). The highest BCUT2D eigenvalue weighted by Gasteiger charge is 2.13. The predicted octanol–water partition coefficient (Wildman–Crippen LogP) is 3.34. The van der Waals surface area contributed by atoms with Crippen molar-refractivity contribution >= 4 is 0 Å². The number of aromatic nitrogens is 2. The van der Waals surface area contributed by atoms with Crippen molar-refractivity contribution in [1.82, 2.24) is 15.3 Å². The average molecular weight is 283 g/mol. The third kappa shape index (κ3) is 3.67. The van der Waals surface area contributed by atoms with E-state index in [1.807, 2.05) is 7.05 Å². The molecule has 0 fully saturated rings. The SMILES string of the molecule is CCc1nc(-c2cccc(C)c2)nc(CC)c1CCNC. The Hall–Kier alpha value is -1.74. The number of likely N-dealkylation sites (N-methyl/N-ethyl adjacent to an activating group) is 1. The fraction of sp³-hybridized carbons (Fsp3) is 0.444. The van der Waals surface area contributed by atoms with Crippen molar-refractivity contribution in [2.24, 2.45) is 0 Å². The van der Waals surface area contributed by atoms with Crippen LogP contribution in [0.1, 0.15) is 36.4 Å². The van der Waals surface area contributed by atoms with Crippen LogP contribution in [0.5, 0.6) is 0 Å². The molecule has 0 radical (unpaired) electrons. The van der Waals surface area contributed by atoms with E-state index >= 15 is 0 Å². The van der Waals surface area contributed by atoms with Gasteiger partial charge in [-0.25, -0.2) is 9.97 Å². The Labute approximate surface area is 127 Å². The highest BCUT2D eigenvalue weighted by Crippen LogP contribution is 2.21. The second-order valence-corrected chi connectivity index (χ2v) is 5.35. The van der Waals surface area contributed by atoms with Crippen molar-refractivity contribution in [1.29, 1.82) is 0 Å². The van der Waals surface area contributed by atoms with E-state index in [0.717, 1.165) is 37.2 Å². The van der Waals surface area contributed by atoms with Gasteiger partial charge in [-0.2, -0.15) is 0 Å². The van der Waals surface area contributed by atoms with Gasteiger partial charge in [0.05, 0.1) is 0 Å². The van der Waals surface area contributed by atoms with Gasteiger partial charge in [-0.05, 0) is 51.4 Å². The van der Waals surface area contributed by atoms with Crippen LogP contribution in [0.3, 0.4) is 0 Å². The van der Waals surface area contributed by atoms with Crippen LogP contribution in [0, 0.1) is 6.92 Å². The molecule has 0 aliphatic carbocycles. The summed E-state index contributed by atoms with van der Waals surface area (Å²) in [7, 11) is 1.99. The lowest BCUT2D eigenvalue weighted by Crippen LogP contribution is -2.15. The van der Waals surface area contributed by atoms with E-state index in [1.54, 1.807) is 0 Å². The van der Waals surface area contributed by atoms with E-state index in [-0.39, 0.29) is 0 Å². The van der Waals surface area contributed by atoms with E-state index in [4.69, 9.17) is 9.97 Å². The molecule has 0 atom stereocenters. The summed E-state index contributed by atoms with van der Waals surface area (Å²) >= 11 is 0. The van der Waals surface area contributed by atoms with E-state index in [9.17, 15) is 0 Å². The van der Waals surface area contributed by atoms with Gasteiger partial charge in [0.25, 0.3) is 0 Å². The van der Waals surface area contributed by atoms with Gasteiger partial charge in [-0.3, -0.25) is 0 Å². The summed E-state index contributed by atoms with van der Waals surface area (Å²) in [5.41, 5.74) is 6.05. The highest BCUT2D eigenvalue weighted by atomic mass is 14.9. The number of nitrogens with one attached hydrogen (secondary N) is 1. The molecule has 112 valence electrons. The fourth-order valence-corrected chi connectivity index (χ4v) is 2.62. The minimum Gasteiger partial charge on any atom is -0.319 e. The molecule has 1 heterocycles. The van der Waals surface area contributed by atoms with E-state index in [2.05, 4.69) is 50.4 Å². The summed E-state index contributed by atoms with van der Waals surface area (Å²) in [6, 6.07) is 8.42. The average Bonchev–Trinajstić information content (AvgIpc) is 2.52. The number of rotatable bonds is 6. The number of hydrogen-bond acceptors (Lipinski definition) is 3. The maximum atomic E-state index is 4.83. The van der Waals surface area contributed by atoms with Crippen molar-refractivity contribution in [2.45, 2.75) is 40.0 Å². The molecular formula is C18H25N3. The van der Waals surface area contributed by atoms with Gasteiger partial charge in [0.1, 0.15) is 0 Å². The van der Waals surface area contributed by atoms with Crippen LogP contribution in [0.4, 0.5) is 0 Å². The molecule has 0 aliphatic rings. The maximum Gasteiger partial charge on any atom is 0.159 e. The topological polar surface area (TPSA) is 37.8 Å². The third-order valence-corrected chi connectivity index (χ3v) is 3.75. The zero-order valence-corrected chi connectivity index (χ0v) is 13.5. The lowest BCUT2D eigenvalue weighted by molar-refractivity contribution is 0.760. The second kappa shape index (κ2) is 7.32. The molecule has 0 saturated carbocycles. The van der Waals surface area contributed by atoms with Crippen molar-refractivity contribution in [2.75, 3.05) is 13.6 Å². The van der Waals surface area contributed by atoms with Gasteiger partial charge in [-0.1, -0.05) is 37.6 Å². The molecule has 1 N–H and O–H groups in total. The minimum atomic E-state index is 0.862. The number of benzene rings is 1. The van der Waals surface area contributed by atoms with Gasteiger partial charge in [0.2, 0.25) is 0 Å². The minimum absolute atomic E-state index is 0.862. The Kier molecular flexibility index (Phi) is 5.45. The van der Waals surface area contributed by atoms with Crippen molar-refractivity contribution in [3.8, 4) is 11.4 Å². The Morgan fingerprint density at radius 1 is 1.05 bits per heavy atom. The Morgan fingerprint density at radius 3 is 2.24 bits per heavy atom. The first-order valence-corrected chi connectivity index (χ1v) is 7.79. The van der Waals surface area contributed by atoms with Gasteiger partial charge >= 0.3 is 0 Å². The normalized spacial score (nSPS) is 10.9. The number of aryl methyl sites for hydroxylation is 3. The van der Waals surface area contributed by atoms with Gasteiger partial charge in [0, 0.05) is 17.0 Å².